The first-order valence-electron chi connectivity index (χ1n) is 8.51. The molecule has 8 heteroatoms. The minimum atomic E-state index is -1.26. The summed E-state index contributed by atoms with van der Waals surface area (Å²) in [6.45, 7) is 2.00. The van der Waals surface area contributed by atoms with Crippen LogP contribution in [0.2, 0.25) is 0 Å². The average molecular weight is 368 g/mol. The Morgan fingerprint density at radius 2 is 1.96 bits per heavy atom. The Balaban J connectivity index is 1.78. The first-order valence-corrected chi connectivity index (χ1v) is 8.51. The summed E-state index contributed by atoms with van der Waals surface area (Å²) >= 11 is 0. The van der Waals surface area contributed by atoms with Gasteiger partial charge in [-0.05, 0) is 30.7 Å². The molecule has 27 heavy (non-hydrogen) atoms. The molecule has 1 aliphatic heterocycles. The quantitative estimate of drug-likeness (QED) is 0.571. The number of hydrogen-bond donors (Lipinski definition) is 4. The predicted octanol–water partition coefficient (Wildman–Crippen LogP) is 3.30. The summed E-state index contributed by atoms with van der Waals surface area (Å²) in [5.41, 5.74) is 8.43. The molecule has 1 aliphatic rings. The molecule has 1 atom stereocenters. The predicted molar refractivity (Wildman–Crippen MR) is 100 cm³/mol. The van der Waals surface area contributed by atoms with Crippen molar-refractivity contribution in [2.24, 2.45) is 10.7 Å². The van der Waals surface area contributed by atoms with Crippen LogP contribution in [0.3, 0.4) is 0 Å². The maximum Gasteiger partial charge on any atom is 0.203 e. The molecule has 4 rings (SSSR count). The number of nitrogens with two attached hydrogens (primary N) is 1. The number of aromatic nitrogens is 2. The van der Waals surface area contributed by atoms with Crippen LogP contribution in [0.25, 0.3) is 0 Å². The van der Waals surface area contributed by atoms with E-state index in [2.05, 4.69) is 25.8 Å². The van der Waals surface area contributed by atoms with E-state index in [1.165, 1.54) is 12.1 Å². The van der Waals surface area contributed by atoms with E-state index >= 15 is 0 Å². The second-order valence-corrected chi connectivity index (χ2v) is 6.28. The van der Waals surface area contributed by atoms with Gasteiger partial charge in [0, 0.05) is 23.0 Å². The van der Waals surface area contributed by atoms with Crippen LogP contribution in [-0.4, -0.2) is 16.2 Å². The minimum Gasteiger partial charge on any atom is -0.326 e. The molecule has 138 valence electrons. The van der Waals surface area contributed by atoms with Gasteiger partial charge in [0.25, 0.3) is 0 Å². The smallest absolute Gasteiger partial charge is 0.203 e. The molecular weight excluding hydrogens is 350 g/mol. The van der Waals surface area contributed by atoms with Crippen LogP contribution in [0.15, 0.2) is 53.5 Å². The number of nitrogens with one attached hydrogen (secondary N) is 3. The van der Waals surface area contributed by atoms with Gasteiger partial charge in [0.05, 0.1) is 5.69 Å². The lowest BCUT2D eigenvalue weighted by atomic mass is 9.94. The van der Waals surface area contributed by atoms with E-state index in [1.54, 1.807) is 0 Å². The largest absolute Gasteiger partial charge is 0.326 e. The normalized spacial score (nSPS) is 18.4. The molecule has 2 heterocycles. The van der Waals surface area contributed by atoms with Crippen LogP contribution in [0.1, 0.15) is 23.9 Å². The summed E-state index contributed by atoms with van der Waals surface area (Å²) < 4.78 is 27.2. The van der Waals surface area contributed by atoms with Gasteiger partial charge in [0.1, 0.15) is 17.3 Å². The van der Waals surface area contributed by atoms with Crippen molar-refractivity contribution in [2.75, 3.05) is 10.6 Å². The van der Waals surface area contributed by atoms with Gasteiger partial charge in [-0.1, -0.05) is 25.1 Å². The number of anilines is 2. The van der Waals surface area contributed by atoms with Gasteiger partial charge in [0.15, 0.2) is 5.66 Å². The van der Waals surface area contributed by atoms with Crippen LogP contribution in [0.5, 0.6) is 0 Å². The number of para-hydroxylation sites is 1. The number of guanidine groups is 1. The third kappa shape index (κ3) is 3.04. The zero-order chi connectivity index (χ0) is 19.0. The number of aromatic amines is 1. The topological polar surface area (TPSA) is 91.1 Å². The molecule has 1 aromatic heterocycles. The maximum atomic E-state index is 14.0. The monoisotopic (exact) mass is 368 g/mol. The molecule has 3 aromatic rings. The lowest BCUT2D eigenvalue weighted by Crippen LogP contribution is -2.44. The van der Waals surface area contributed by atoms with Crippen molar-refractivity contribution in [3.05, 3.63) is 77.1 Å². The van der Waals surface area contributed by atoms with Gasteiger partial charge < -0.3 is 10.6 Å². The average Bonchev–Trinajstić information content (AvgIpc) is 3.14. The van der Waals surface area contributed by atoms with Crippen molar-refractivity contribution in [2.45, 2.75) is 19.0 Å². The zero-order valence-electron chi connectivity index (χ0n) is 14.6. The van der Waals surface area contributed by atoms with Crippen LogP contribution < -0.4 is 16.4 Å². The van der Waals surface area contributed by atoms with Gasteiger partial charge in [-0.3, -0.25) is 10.8 Å². The highest BCUT2D eigenvalue weighted by Crippen LogP contribution is 2.36. The highest BCUT2D eigenvalue weighted by atomic mass is 19.1. The summed E-state index contributed by atoms with van der Waals surface area (Å²) in [5, 5.41) is 13.2. The number of aliphatic imine (C=N–C) groups is 1. The van der Waals surface area contributed by atoms with E-state index < -0.39 is 17.3 Å². The molecule has 6 nitrogen and oxygen atoms in total. The molecule has 0 radical (unpaired) electrons. The lowest BCUT2D eigenvalue weighted by molar-refractivity contribution is 0.546. The molecule has 0 bridgehead atoms. The number of benzene rings is 2. The first kappa shape index (κ1) is 17.2. The number of H-pyrrole nitrogens is 1. The molecule has 1 unspecified atom stereocenters. The summed E-state index contributed by atoms with van der Waals surface area (Å²) in [5.74, 6) is -1.14. The molecule has 0 amide bonds. The fourth-order valence-corrected chi connectivity index (χ4v) is 3.03. The Hall–Kier alpha value is -3.26. The molecular formula is C19H18F2N6. The van der Waals surface area contributed by atoms with Crippen molar-refractivity contribution in [1.82, 2.24) is 10.2 Å². The highest BCUT2D eigenvalue weighted by Gasteiger charge is 2.37. The van der Waals surface area contributed by atoms with E-state index in [4.69, 9.17) is 5.73 Å². The minimum absolute atomic E-state index is 0.0839. The Kier molecular flexibility index (Phi) is 4.12. The summed E-state index contributed by atoms with van der Waals surface area (Å²) in [7, 11) is 0. The Labute approximate surface area is 154 Å². The van der Waals surface area contributed by atoms with Gasteiger partial charge in [-0.15, -0.1) is 0 Å². The Morgan fingerprint density at radius 3 is 2.70 bits per heavy atom. The van der Waals surface area contributed by atoms with Gasteiger partial charge in [0.2, 0.25) is 5.96 Å². The van der Waals surface area contributed by atoms with Crippen molar-refractivity contribution >= 4 is 17.3 Å². The number of fused-ring (bicyclic) bond motifs is 1. The van der Waals surface area contributed by atoms with Crippen molar-refractivity contribution in [3.8, 4) is 0 Å². The molecule has 0 saturated heterocycles. The van der Waals surface area contributed by atoms with E-state index in [0.717, 1.165) is 29.4 Å². The number of nitrogens with zero attached hydrogens (tertiary/aromatic N) is 2. The van der Waals surface area contributed by atoms with E-state index in [-0.39, 0.29) is 11.6 Å². The standard InChI is InChI=1S/C19H18F2N6/c1-2-12-10-17(27-26-12)19(22)13-5-3-4-6-15(13)23-18(25-19)24-16-8-7-11(20)9-14(16)21/h3-10H,2,22H2,1H3,(H,26,27)(H2,23,24,25). The number of rotatable bonds is 3. The van der Waals surface area contributed by atoms with Crippen LogP contribution in [-0.2, 0) is 12.1 Å². The van der Waals surface area contributed by atoms with Crippen molar-refractivity contribution in [3.63, 3.8) is 0 Å². The summed E-state index contributed by atoms with van der Waals surface area (Å²) in [4.78, 5) is 4.56. The van der Waals surface area contributed by atoms with Gasteiger partial charge in [-0.2, -0.15) is 5.10 Å². The molecule has 5 N–H and O–H groups in total. The highest BCUT2D eigenvalue weighted by molar-refractivity contribution is 6.06. The summed E-state index contributed by atoms with van der Waals surface area (Å²) in [6.07, 6.45) is 0.776. The SMILES string of the molecule is CCc1cc(C2(N)N=C(Nc3ccc(F)cc3F)Nc3ccccc32)n[nH]1. The van der Waals surface area contributed by atoms with Crippen molar-refractivity contribution in [1.29, 1.82) is 0 Å². The second kappa shape index (κ2) is 6.48. The Bertz CT molecular complexity index is 1030. The summed E-state index contributed by atoms with van der Waals surface area (Å²) in [6, 6.07) is 12.6. The number of halogens is 2. The second-order valence-electron chi connectivity index (χ2n) is 6.28. The van der Waals surface area contributed by atoms with Crippen LogP contribution in [0, 0.1) is 11.6 Å². The van der Waals surface area contributed by atoms with Crippen molar-refractivity contribution < 1.29 is 8.78 Å². The third-order valence-corrected chi connectivity index (χ3v) is 4.47. The Morgan fingerprint density at radius 1 is 1.15 bits per heavy atom. The van der Waals surface area contributed by atoms with Gasteiger partial charge >= 0.3 is 0 Å². The van der Waals surface area contributed by atoms with E-state index in [0.29, 0.717) is 5.69 Å². The molecule has 0 fully saturated rings. The van der Waals surface area contributed by atoms with Gasteiger partial charge in [-0.25, -0.2) is 13.8 Å². The molecule has 0 spiro atoms. The fraction of sp³-hybridized carbons (Fsp3) is 0.158. The first-order chi connectivity index (χ1) is 13.0. The molecule has 0 aliphatic carbocycles. The lowest BCUT2D eigenvalue weighted by Gasteiger charge is -2.32. The molecule has 2 aromatic carbocycles. The molecule has 0 saturated carbocycles. The van der Waals surface area contributed by atoms with Crippen LogP contribution >= 0.6 is 0 Å². The van der Waals surface area contributed by atoms with E-state index in [1.807, 2.05) is 37.3 Å². The number of hydrogen-bond acceptors (Lipinski definition) is 5. The third-order valence-electron chi connectivity index (χ3n) is 4.47. The maximum absolute atomic E-state index is 14.0. The van der Waals surface area contributed by atoms with E-state index in [9.17, 15) is 8.78 Å². The fourth-order valence-electron chi connectivity index (χ4n) is 3.03. The zero-order valence-corrected chi connectivity index (χ0v) is 14.6. The van der Waals surface area contributed by atoms with Crippen LogP contribution in [0.4, 0.5) is 20.2 Å². The number of aryl methyl sites for hydroxylation is 1.